The van der Waals surface area contributed by atoms with Gasteiger partial charge in [0.05, 0.1) is 5.60 Å². The fraction of sp³-hybridized carbons (Fsp3) is 1.00. The van der Waals surface area contributed by atoms with Crippen LogP contribution < -0.4 is 5.32 Å². The monoisotopic (exact) mass is 197 g/mol. The lowest BCUT2D eigenvalue weighted by atomic mass is 9.83. The van der Waals surface area contributed by atoms with Crippen LogP contribution in [-0.2, 0) is 0 Å². The van der Waals surface area contributed by atoms with Crippen molar-refractivity contribution in [2.24, 2.45) is 0 Å². The topological polar surface area (TPSA) is 32.3 Å². The second-order valence-corrected chi connectivity index (χ2v) is 5.23. The van der Waals surface area contributed by atoms with Gasteiger partial charge in [-0.3, -0.25) is 0 Å². The maximum Gasteiger partial charge on any atom is 0.0677 e. The summed E-state index contributed by atoms with van der Waals surface area (Å²) in [6, 6.07) is 1.22. The largest absolute Gasteiger partial charge is 0.390 e. The van der Waals surface area contributed by atoms with Gasteiger partial charge in [-0.15, -0.1) is 0 Å². The molecular weight excluding hydrogens is 174 g/mol. The summed E-state index contributed by atoms with van der Waals surface area (Å²) in [6.45, 7) is 2.22. The van der Waals surface area contributed by atoms with E-state index >= 15 is 0 Å². The maximum absolute atomic E-state index is 10.4. The Hall–Kier alpha value is -0.0800. The molecule has 2 rings (SSSR count). The quantitative estimate of drug-likeness (QED) is 0.677. The molecule has 0 aromatic heterocycles. The van der Waals surface area contributed by atoms with E-state index in [0.717, 1.165) is 19.3 Å². The molecule has 2 atom stereocenters. The first-order chi connectivity index (χ1) is 6.72. The molecule has 2 aliphatic heterocycles. The van der Waals surface area contributed by atoms with Gasteiger partial charge in [0.25, 0.3) is 0 Å². The van der Waals surface area contributed by atoms with Crippen LogP contribution in [0.15, 0.2) is 0 Å². The van der Waals surface area contributed by atoms with Gasteiger partial charge in [0.1, 0.15) is 0 Å². The van der Waals surface area contributed by atoms with Gasteiger partial charge >= 0.3 is 0 Å². The van der Waals surface area contributed by atoms with Crippen LogP contribution in [0.2, 0.25) is 0 Å². The molecule has 2 heterocycles. The van der Waals surface area contributed by atoms with Crippen molar-refractivity contribution in [1.29, 1.82) is 0 Å². The Morgan fingerprint density at radius 2 is 1.86 bits per heavy atom. The molecule has 2 N–H and O–H groups in total. The van der Waals surface area contributed by atoms with E-state index in [-0.39, 0.29) is 5.60 Å². The van der Waals surface area contributed by atoms with Crippen molar-refractivity contribution in [3.63, 3.8) is 0 Å². The average molecular weight is 197 g/mol. The molecule has 2 fully saturated rings. The summed E-state index contributed by atoms with van der Waals surface area (Å²) in [5.74, 6) is 0. The Kier molecular flexibility index (Phi) is 3.13. The fourth-order valence-corrected chi connectivity index (χ4v) is 3.13. The standard InChI is InChI=1S/C12H23NO/c1-2-3-4-7-12(14)8-10-5-6-11(9-12)13-10/h10-11,13-14H,2-9H2,1H3. The summed E-state index contributed by atoms with van der Waals surface area (Å²) in [5.41, 5.74) is -0.327. The van der Waals surface area contributed by atoms with Gasteiger partial charge in [-0.05, 0) is 32.1 Å². The fourth-order valence-electron chi connectivity index (χ4n) is 3.13. The summed E-state index contributed by atoms with van der Waals surface area (Å²) < 4.78 is 0. The van der Waals surface area contributed by atoms with Crippen molar-refractivity contribution in [3.8, 4) is 0 Å². The molecule has 0 spiro atoms. The maximum atomic E-state index is 10.4. The van der Waals surface area contributed by atoms with E-state index in [9.17, 15) is 5.11 Å². The zero-order chi connectivity index (χ0) is 10.0. The van der Waals surface area contributed by atoms with Crippen LogP contribution >= 0.6 is 0 Å². The predicted molar refractivity (Wildman–Crippen MR) is 58.3 cm³/mol. The third-order valence-corrected chi connectivity index (χ3v) is 3.83. The predicted octanol–water partition coefficient (Wildman–Crippen LogP) is 2.21. The minimum atomic E-state index is -0.327. The second kappa shape index (κ2) is 4.19. The van der Waals surface area contributed by atoms with Crippen molar-refractivity contribution in [1.82, 2.24) is 5.32 Å². The minimum Gasteiger partial charge on any atom is -0.390 e. The number of nitrogens with one attached hydrogen (secondary N) is 1. The van der Waals surface area contributed by atoms with Crippen molar-refractivity contribution in [2.45, 2.75) is 76.0 Å². The Morgan fingerprint density at radius 1 is 1.21 bits per heavy atom. The van der Waals surface area contributed by atoms with Crippen molar-refractivity contribution >= 4 is 0 Å². The highest BCUT2D eigenvalue weighted by Crippen LogP contribution is 2.36. The zero-order valence-electron chi connectivity index (χ0n) is 9.26. The van der Waals surface area contributed by atoms with E-state index in [0.29, 0.717) is 12.1 Å². The number of rotatable bonds is 4. The Balaban J connectivity index is 1.83. The molecule has 82 valence electrons. The SMILES string of the molecule is CCCCCC1(O)CC2CCC(C1)N2. The second-order valence-electron chi connectivity index (χ2n) is 5.23. The van der Waals surface area contributed by atoms with Crippen molar-refractivity contribution in [2.75, 3.05) is 0 Å². The molecule has 2 bridgehead atoms. The van der Waals surface area contributed by atoms with Gasteiger partial charge in [0, 0.05) is 12.1 Å². The first-order valence-corrected chi connectivity index (χ1v) is 6.20. The number of piperidine rings is 1. The number of unbranched alkanes of at least 4 members (excludes halogenated alkanes) is 2. The van der Waals surface area contributed by atoms with E-state index in [1.54, 1.807) is 0 Å². The highest BCUT2D eigenvalue weighted by molar-refractivity contribution is 4.99. The summed E-state index contributed by atoms with van der Waals surface area (Å²) in [7, 11) is 0. The number of aliphatic hydroxyl groups is 1. The van der Waals surface area contributed by atoms with Gasteiger partial charge in [-0.1, -0.05) is 26.2 Å². The highest BCUT2D eigenvalue weighted by Gasteiger charge is 2.41. The molecule has 0 amide bonds. The first kappa shape index (κ1) is 10.4. The van der Waals surface area contributed by atoms with E-state index in [1.807, 2.05) is 0 Å². The van der Waals surface area contributed by atoms with E-state index < -0.39 is 0 Å². The molecule has 0 saturated carbocycles. The van der Waals surface area contributed by atoms with Crippen molar-refractivity contribution < 1.29 is 5.11 Å². The molecule has 0 aliphatic carbocycles. The van der Waals surface area contributed by atoms with Gasteiger partial charge < -0.3 is 10.4 Å². The number of hydrogen-bond acceptors (Lipinski definition) is 2. The highest BCUT2D eigenvalue weighted by atomic mass is 16.3. The van der Waals surface area contributed by atoms with Crippen LogP contribution in [0.25, 0.3) is 0 Å². The zero-order valence-corrected chi connectivity index (χ0v) is 9.26. The molecule has 2 unspecified atom stereocenters. The normalized spacial score (nSPS) is 41.6. The number of fused-ring (bicyclic) bond motifs is 2. The van der Waals surface area contributed by atoms with Crippen LogP contribution in [0.4, 0.5) is 0 Å². The Labute approximate surface area is 87.1 Å². The Morgan fingerprint density at radius 3 is 2.43 bits per heavy atom. The minimum absolute atomic E-state index is 0.327. The summed E-state index contributed by atoms with van der Waals surface area (Å²) in [6.07, 6.45) is 9.29. The Bertz CT molecular complexity index is 181. The molecule has 2 heteroatoms. The summed E-state index contributed by atoms with van der Waals surface area (Å²) in [4.78, 5) is 0. The average Bonchev–Trinajstić information content (AvgIpc) is 2.46. The van der Waals surface area contributed by atoms with Gasteiger partial charge in [0.2, 0.25) is 0 Å². The number of hydrogen-bond donors (Lipinski definition) is 2. The van der Waals surface area contributed by atoms with Crippen LogP contribution in [-0.4, -0.2) is 22.8 Å². The van der Waals surface area contributed by atoms with E-state index in [2.05, 4.69) is 12.2 Å². The molecule has 0 aromatic carbocycles. The molecule has 0 radical (unpaired) electrons. The van der Waals surface area contributed by atoms with Gasteiger partial charge in [-0.25, -0.2) is 0 Å². The van der Waals surface area contributed by atoms with Crippen LogP contribution in [0.1, 0.15) is 58.3 Å². The van der Waals surface area contributed by atoms with Crippen LogP contribution in [0, 0.1) is 0 Å². The molecule has 2 saturated heterocycles. The lowest BCUT2D eigenvalue weighted by Crippen LogP contribution is -2.48. The van der Waals surface area contributed by atoms with Crippen LogP contribution in [0.5, 0.6) is 0 Å². The first-order valence-electron chi connectivity index (χ1n) is 6.20. The molecule has 14 heavy (non-hydrogen) atoms. The summed E-state index contributed by atoms with van der Waals surface area (Å²) >= 11 is 0. The lowest BCUT2D eigenvalue weighted by Gasteiger charge is -2.37. The third kappa shape index (κ3) is 2.29. The molecule has 2 aliphatic rings. The van der Waals surface area contributed by atoms with Gasteiger partial charge in [0.15, 0.2) is 0 Å². The summed E-state index contributed by atoms with van der Waals surface area (Å²) in [5, 5.41) is 14.0. The molecule has 0 aromatic rings. The lowest BCUT2D eigenvalue weighted by molar-refractivity contribution is -0.0158. The van der Waals surface area contributed by atoms with E-state index in [4.69, 9.17) is 0 Å². The van der Waals surface area contributed by atoms with Crippen molar-refractivity contribution in [3.05, 3.63) is 0 Å². The smallest absolute Gasteiger partial charge is 0.0677 e. The van der Waals surface area contributed by atoms with Crippen LogP contribution in [0.3, 0.4) is 0 Å². The third-order valence-electron chi connectivity index (χ3n) is 3.83. The van der Waals surface area contributed by atoms with E-state index in [1.165, 1.54) is 32.1 Å². The van der Waals surface area contributed by atoms with Gasteiger partial charge in [-0.2, -0.15) is 0 Å². The molecular formula is C12H23NO. The molecule has 2 nitrogen and oxygen atoms in total.